The lowest BCUT2D eigenvalue weighted by Crippen LogP contribution is -2.21. The molecule has 0 N–H and O–H groups in total. The predicted octanol–water partition coefficient (Wildman–Crippen LogP) is 6.26. The highest BCUT2D eigenvalue weighted by molar-refractivity contribution is 8.00. The largest absolute Gasteiger partial charge is 0.454 e. The molecule has 6 rings (SSSR count). The van der Waals surface area contributed by atoms with Gasteiger partial charge in [-0.25, -0.2) is 4.98 Å². The average Bonchev–Trinajstić information content (AvgIpc) is 3.56. The Morgan fingerprint density at radius 3 is 2.74 bits per heavy atom. The third kappa shape index (κ3) is 4.04. The van der Waals surface area contributed by atoms with Gasteiger partial charge in [0.05, 0.1) is 21.5 Å². The van der Waals surface area contributed by atoms with Crippen LogP contribution in [0.5, 0.6) is 11.5 Å². The lowest BCUT2D eigenvalue weighted by atomic mass is 10.1. The summed E-state index contributed by atoms with van der Waals surface area (Å²) in [4.78, 5) is 19.2. The summed E-state index contributed by atoms with van der Waals surface area (Å²) in [6, 6.07) is 21.0. The number of halogens is 1. The molecule has 6 nitrogen and oxygen atoms in total. The van der Waals surface area contributed by atoms with Gasteiger partial charge in [0.15, 0.2) is 11.5 Å². The molecule has 3 aromatic carbocycles. The monoisotopic (exact) mass is 505 g/mol. The van der Waals surface area contributed by atoms with Crippen LogP contribution in [0.15, 0.2) is 82.3 Å². The number of amides is 1. The van der Waals surface area contributed by atoms with Gasteiger partial charge in [0, 0.05) is 15.7 Å². The number of rotatable bonds is 5. The van der Waals surface area contributed by atoms with Crippen LogP contribution >= 0.6 is 34.7 Å². The molecule has 0 bridgehead atoms. The highest BCUT2D eigenvalue weighted by Crippen LogP contribution is 2.36. The Balaban J connectivity index is 1.35. The molecule has 0 saturated carbocycles. The van der Waals surface area contributed by atoms with Crippen LogP contribution in [-0.4, -0.2) is 29.1 Å². The van der Waals surface area contributed by atoms with Crippen molar-refractivity contribution in [1.29, 1.82) is 0 Å². The molecule has 1 aromatic heterocycles. The maximum atomic E-state index is 13.5. The van der Waals surface area contributed by atoms with E-state index in [4.69, 9.17) is 26.2 Å². The molecule has 0 unspecified atom stereocenters. The fourth-order valence-electron chi connectivity index (χ4n) is 3.64. The first-order chi connectivity index (χ1) is 16.6. The molecule has 0 aliphatic carbocycles. The Kier molecular flexibility index (Phi) is 5.49. The van der Waals surface area contributed by atoms with Crippen LogP contribution in [0.25, 0.3) is 16.3 Å². The van der Waals surface area contributed by atoms with Gasteiger partial charge in [-0.1, -0.05) is 41.1 Å². The number of hydrogen-bond donors (Lipinski definition) is 0. The SMILES string of the molecule is O=C1/C(=C\c2ccc3c(c2)OCO3)C(CSc2ccc(Cl)cc2)=NN1c1nc2ccccc2s1. The lowest BCUT2D eigenvalue weighted by molar-refractivity contribution is -0.114. The molecule has 1 amide bonds. The van der Waals surface area contributed by atoms with E-state index in [1.165, 1.54) is 16.3 Å². The topological polar surface area (TPSA) is 64.0 Å². The molecule has 0 fully saturated rings. The van der Waals surface area contributed by atoms with Crippen molar-refractivity contribution in [2.24, 2.45) is 5.10 Å². The van der Waals surface area contributed by atoms with Crippen molar-refractivity contribution in [3.8, 4) is 11.5 Å². The highest BCUT2D eigenvalue weighted by Gasteiger charge is 2.33. The molecule has 2 aliphatic rings. The van der Waals surface area contributed by atoms with Gasteiger partial charge in [-0.2, -0.15) is 10.1 Å². The van der Waals surface area contributed by atoms with Crippen LogP contribution in [0.2, 0.25) is 5.02 Å². The summed E-state index contributed by atoms with van der Waals surface area (Å²) in [5, 5.41) is 7.33. The van der Waals surface area contributed by atoms with Crippen LogP contribution in [-0.2, 0) is 4.79 Å². The van der Waals surface area contributed by atoms with Gasteiger partial charge in [0.1, 0.15) is 0 Å². The maximum Gasteiger partial charge on any atom is 0.282 e. The number of hydrazone groups is 1. The molecule has 168 valence electrons. The summed E-state index contributed by atoms with van der Waals surface area (Å²) >= 11 is 9.05. The number of carbonyl (C=O) groups excluding carboxylic acids is 1. The van der Waals surface area contributed by atoms with Crippen molar-refractivity contribution in [2.45, 2.75) is 4.90 Å². The second kappa shape index (κ2) is 8.79. The van der Waals surface area contributed by atoms with Crippen LogP contribution < -0.4 is 14.5 Å². The van der Waals surface area contributed by atoms with E-state index in [1.54, 1.807) is 11.8 Å². The zero-order valence-corrected chi connectivity index (χ0v) is 20.0. The molecule has 0 saturated heterocycles. The molecule has 0 spiro atoms. The van der Waals surface area contributed by atoms with Crippen LogP contribution in [0, 0.1) is 0 Å². The Morgan fingerprint density at radius 1 is 1.06 bits per heavy atom. The van der Waals surface area contributed by atoms with Crippen molar-refractivity contribution < 1.29 is 14.3 Å². The number of para-hydroxylation sites is 1. The summed E-state index contributed by atoms with van der Waals surface area (Å²) < 4.78 is 11.9. The number of thiazole rings is 1. The van der Waals surface area contributed by atoms with E-state index in [2.05, 4.69) is 4.98 Å². The third-order valence-electron chi connectivity index (χ3n) is 5.31. The Bertz CT molecular complexity index is 1450. The van der Waals surface area contributed by atoms with Crippen molar-refractivity contribution >= 4 is 67.7 Å². The number of benzene rings is 3. The summed E-state index contributed by atoms with van der Waals surface area (Å²) in [6.45, 7) is 0.199. The third-order valence-corrected chi connectivity index (χ3v) is 7.60. The molecule has 3 heterocycles. The number of ether oxygens (including phenoxy) is 2. The van der Waals surface area contributed by atoms with E-state index in [-0.39, 0.29) is 12.7 Å². The van der Waals surface area contributed by atoms with E-state index in [0.29, 0.717) is 38.7 Å². The van der Waals surface area contributed by atoms with Crippen molar-refractivity contribution in [1.82, 2.24) is 4.98 Å². The van der Waals surface area contributed by atoms with Gasteiger partial charge in [-0.3, -0.25) is 4.79 Å². The fourth-order valence-corrected chi connectivity index (χ4v) is 5.53. The first-order valence-electron chi connectivity index (χ1n) is 10.4. The quantitative estimate of drug-likeness (QED) is 0.237. The summed E-state index contributed by atoms with van der Waals surface area (Å²) in [6.07, 6.45) is 1.85. The zero-order chi connectivity index (χ0) is 23.1. The molecular formula is C25H16ClN3O3S2. The number of carbonyl (C=O) groups is 1. The van der Waals surface area contributed by atoms with Gasteiger partial charge >= 0.3 is 0 Å². The Hall–Kier alpha value is -3.33. The van der Waals surface area contributed by atoms with Gasteiger partial charge in [0.25, 0.3) is 5.91 Å². The first-order valence-corrected chi connectivity index (χ1v) is 12.6. The molecule has 0 atom stereocenters. The van der Waals surface area contributed by atoms with E-state index in [9.17, 15) is 4.79 Å². The summed E-state index contributed by atoms with van der Waals surface area (Å²) in [5.41, 5.74) is 2.89. The number of anilines is 1. The highest BCUT2D eigenvalue weighted by atomic mass is 35.5. The zero-order valence-electron chi connectivity index (χ0n) is 17.6. The van der Waals surface area contributed by atoms with E-state index in [1.807, 2.05) is 72.8 Å². The Labute approximate surface area is 208 Å². The number of hydrogen-bond acceptors (Lipinski definition) is 7. The standard InChI is InChI=1S/C25H16ClN3O3S2/c26-16-6-8-17(9-7-16)33-13-20-18(11-15-5-10-21-22(12-15)32-14-31-21)24(30)29(28-20)25-27-19-3-1-2-4-23(19)34-25/h1-12H,13-14H2/b18-11-. The number of aromatic nitrogens is 1. The molecule has 34 heavy (non-hydrogen) atoms. The van der Waals surface area contributed by atoms with Gasteiger partial charge in [-0.05, 0) is 60.2 Å². The summed E-state index contributed by atoms with van der Waals surface area (Å²) in [5.74, 6) is 1.67. The minimum absolute atomic E-state index is 0.199. The smallest absolute Gasteiger partial charge is 0.282 e. The molecule has 2 aliphatic heterocycles. The predicted molar refractivity (Wildman–Crippen MR) is 137 cm³/mol. The van der Waals surface area contributed by atoms with Crippen LogP contribution in [0.1, 0.15) is 5.56 Å². The normalized spacial score (nSPS) is 16.0. The molecule has 9 heteroatoms. The van der Waals surface area contributed by atoms with Gasteiger partial charge < -0.3 is 9.47 Å². The number of thioether (sulfide) groups is 1. The van der Waals surface area contributed by atoms with Crippen molar-refractivity contribution in [2.75, 3.05) is 17.6 Å². The second-order valence-electron chi connectivity index (χ2n) is 7.54. The minimum atomic E-state index is -0.205. The second-order valence-corrected chi connectivity index (χ2v) is 10.0. The number of fused-ring (bicyclic) bond motifs is 2. The molecule has 4 aromatic rings. The minimum Gasteiger partial charge on any atom is -0.454 e. The molecule has 0 radical (unpaired) electrons. The average molecular weight is 506 g/mol. The maximum absolute atomic E-state index is 13.5. The lowest BCUT2D eigenvalue weighted by Gasteiger charge is -2.06. The van der Waals surface area contributed by atoms with Crippen LogP contribution in [0.4, 0.5) is 5.13 Å². The number of nitrogens with zero attached hydrogens (tertiary/aromatic N) is 3. The van der Waals surface area contributed by atoms with Crippen molar-refractivity contribution in [3.05, 3.63) is 82.9 Å². The van der Waals surface area contributed by atoms with E-state index in [0.717, 1.165) is 20.7 Å². The first kappa shape index (κ1) is 21.2. The van der Waals surface area contributed by atoms with Gasteiger partial charge in [-0.15, -0.1) is 11.8 Å². The van der Waals surface area contributed by atoms with E-state index >= 15 is 0 Å². The fraction of sp³-hybridized carbons (Fsp3) is 0.0800. The van der Waals surface area contributed by atoms with E-state index < -0.39 is 0 Å². The van der Waals surface area contributed by atoms with Crippen molar-refractivity contribution in [3.63, 3.8) is 0 Å². The Morgan fingerprint density at radius 2 is 1.88 bits per heavy atom. The van der Waals surface area contributed by atoms with Gasteiger partial charge in [0.2, 0.25) is 11.9 Å². The van der Waals surface area contributed by atoms with Crippen LogP contribution in [0.3, 0.4) is 0 Å². The summed E-state index contributed by atoms with van der Waals surface area (Å²) in [7, 11) is 0. The molecular weight excluding hydrogens is 490 g/mol.